The molecule has 0 radical (unpaired) electrons. The molecule has 3 aromatic rings. The second kappa shape index (κ2) is 7.00. The number of rotatable bonds is 7. The van der Waals surface area contributed by atoms with Crippen LogP contribution in [0, 0.1) is 6.92 Å². The maximum atomic E-state index is 5.65. The van der Waals surface area contributed by atoms with Crippen LogP contribution in [-0.4, -0.2) is 44.3 Å². The first-order valence-electron chi connectivity index (χ1n) is 8.31. The van der Waals surface area contributed by atoms with E-state index in [1.54, 1.807) is 17.1 Å². The monoisotopic (exact) mass is 328 g/mol. The van der Waals surface area contributed by atoms with Crippen molar-refractivity contribution < 1.29 is 4.42 Å². The van der Waals surface area contributed by atoms with Gasteiger partial charge >= 0.3 is 0 Å². The number of likely N-dealkylation sites (N-methyl/N-ethyl adjacent to an activating group) is 1. The van der Waals surface area contributed by atoms with Crippen molar-refractivity contribution in [2.45, 2.75) is 26.8 Å². The van der Waals surface area contributed by atoms with E-state index in [0.717, 1.165) is 41.5 Å². The Kier molecular flexibility index (Phi) is 4.80. The number of hydrogen-bond acceptors (Lipinski definition) is 6. The van der Waals surface area contributed by atoms with Crippen LogP contribution >= 0.6 is 0 Å². The molecular weight excluding hydrogens is 304 g/mol. The van der Waals surface area contributed by atoms with Gasteiger partial charge < -0.3 is 9.73 Å². The second-order valence-corrected chi connectivity index (χ2v) is 5.76. The maximum absolute atomic E-state index is 5.65. The lowest BCUT2D eigenvalue weighted by Gasteiger charge is -2.28. The Balaban J connectivity index is 1.87. The van der Waals surface area contributed by atoms with Crippen LogP contribution in [0.3, 0.4) is 0 Å². The molecule has 0 amide bonds. The van der Waals surface area contributed by atoms with Crippen molar-refractivity contribution in [1.29, 1.82) is 0 Å². The third-order valence-electron chi connectivity index (χ3n) is 4.29. The van der Waals surface area contributed by atoms with Gasteiger partial charge in [-0.05, 0) is 32.1 Å². The molecule has 0 aliphatic rings. The summed E-state index contributed by atoms with van der Waals surface area (Å²) in [6, 6.07) is 4.10. The van der Waals surface area contributed by atoms with Crippen molar-refractivity contribution in [1.82, 2.24) is 24.6 Å². The predicted octanol–water partition coefficient (Wildman–Crippen LogP) is 2.76. The van der Waals surface area contributed by atoms with Gasteiger partial charge in [-0.2, -0.15) is 5.10 Å². The minimum atomic E-state index is 0.150. The Morgan fingerprint density at radius 1 is 1.29 bits per heavy atom. The highest BCUT2D eigenvalue weighted by atomic mass is 16.3. The van der Waals surface area contributed by atoms with E-state index < -0.39 is 0 Å². The summed E-state index contributed by atoms with van der Waals surface area (Å²) >= 11 is 0. The van der Waals surface area contributed by atoms with Crippen molar-refractivity contribution in [3.05, 3.63) is 36.2 Å². The average Bonchev–Trinajstić information content (AvgIpc) is 3.22. The van der Waals surface area contributed by atoms with Gasteiger partial charge in [-0.1, -0.05) is 13.8 Å². The molecule has 0 spiro atoms. The SMILES string of the molecule is CCN(CC)[C@H](CNc1nc(C)nc2c1cnn2C)c1ccco1. The number of fused-ring (bicyclic) bond motifs is 1. The fourth-order valence-corrected chi connectivity index (χ4v) is 3.01. The molecule has 0 saturated heterocycles. The summed E-state index contributed by atoms with van der Waals surface area (Å²) in [4.78, 5) is 11.4. The van der Waals surface area contributed by atoms with E-state index in [9.17, 15) is 0 Å². The van der Waals surface area contributed by atoms with Gasteiger partial charge in [0, 0.05) is 13.6 Å². The van der Waals surface area contributed by atoms with Gasteiger partial charge in [0.1, 0.15) is 17.4 Å². The normalized spacial score (nSPS) is 12.9. The molecule has 128 valence electrons. The lowest BCUT2D eigenvalue weighted by Crippen LogP contribution is -2.33. The fourth-order valence-electron chi connectivity index (χ4n) is 3.01. The summed E-state index contributed by atoms with van der Waals surface area (Å²) in [5.41, 5.74) is 0.836. The van der Waals surface area contributed by atoms with E-state index in [-0.39, 0.29) is 6.04 Å². The van der Waals surface area contributed by atoms with E-state index in [1.807, 2.05) is 26.1 Å². The molecule has 3 rings (SSSR count). The number of nitrogens with one attached hydrogen (secondary N) is 1. The van der Waals surface area contributed by atoms with E-state index >= 15 is 0 Å². The molecule has 1 atom stereocenters. The van der Waals surface area contributed by atoms with Gasteiger partial charge in [0.15, 0.2) is 5.65 Å². The van der Waals surface area contributed by atoms with Crippen LogP contribution in [-0.2, 0) is 7.05 Å². The maximum Gasteiger partial charge on any atom is 0.163 e. The van der Waals surface area contributed by atoms with Crippen LogP contribution < -0.4 is 5.32 Å². The Bertz CT molecular complexity index is 791. The first-order chi connectivity index (χ1) is 11.6. The number of aromatic nitrogens is 4. The van der Waals surface area contributed by atoms with Gasteiger partial charge in [-0.3, -0.25) is 9.58 Å². The standard InChI is InChI=1S/C17H24N6O/c1-5-23(6-2)14(15-8-7-9-24-15)11-18-16-13-10-19-22(4)17(13)21-12(3)20-16/h7-10,14H,5-6,11H2,1-4H3,(H,18,20,21)/t14-/m1/s1. The zero-order valence-corrected chi connectivity index (χ0v) is 14.7. The van der Waals surface area contributed by atoms with Crippen LogP contribution in [0.5, 0.6) is 0 Å². The molecule has 0 unspecified atom stereocenters. The van der Waals surface area contributed by atoms with Gasteiger partial charge in [0.25, 0.3) is 0 Å². The molecule has 3 heterocycles. The summed E-state index contributed by atoms with van der Waals surface area (Å²) < 4.78 is 7.42. The van der Waals surface area contributed by atoms with Crippen molar-refractivity contribution in [3.8, 4) is 0 Å². The van der Waals surface area contributed by atoms with Crippen LogP contribution in [0.2, 0.25) is 0 Å². The first kappa shape index (κ1) is 16.4. The Morgan fingerprint density at radius 2 is 2.08 bits per heavy atom. The molecule has 3 aromatic heterocycles. The summed E-state index contributed by atoms with van der Waals surface area (Å²) in [6.07, 6.45) is 3.52. The average molecular weight is 328 g/mol. The Hall–Kier alpha value is -2.41. The molecule has 24 heavy (non-hydrogen) atoms. The number of furan rings is 1. The molecule has 0 aliphatic heterocycles. The minimum absolute atomic E-state index is 0.150. The zero-order valence-electron chi connectivity index (χ0n) is 14.7. The van der Waals surface area contributed by atoms with Crippen LogP contribution in [0.15, 0.2) is 29.0 Å². The van der Waals surface area contributed by atoms with Crippen molar-refractivity contribution in [2.24, 2.45) is 7.05 Å². The number of aryl methyl sites for hydroxylation is 2. The Labute approximate surface area is 141 Å². The van der Waals surface area contributed by atoms with Crippen LogP contribution in [0.1, 0.15) is 31.5 Å². The minimum Gasteiger partial charge on any atom is -0.468 e. The third-order valence-corrected chi connectivity index (χ3v) is 4.29. The number of nitrogens with zero attached hydrogens (tertiary/aromatic N) is 5. The summed E-state index contributed by atoms with van der Waals surface area (Å²) in [5.74, 6) is 2.50. The highest BCUT2D eigenvalue weighted by molar-refractivity contribution is 5.86. The predicted molar refractivity (Wildman–Crippen MR) is 93.9 cm³/mol. The van der Waals surface area contributed by atoms with Crippen molar-refractivity contribution >= 4 is 16.9 Å². The molecule has 1 N–H and O–H groups in total. The molecule has 0 bridgehead atoms. The topological polar surface area (TPSA) is 72.0 Å². The first-order valence-corrected chi connectivity index (χ1v) is 8.31. The quantitative estimate of drug-likeness (QED) is 0.719. The summed E-state index contributed by atoms with van der Waals surface area (Å²) in [6.45, 7) is 8.83. The van der Waals surface area contributed by atoms with E-state index in [2.05, 4.69) is 39.1 Å². The van der Waals surface area contributed by atoms with Gasteiger partial charge in [0.05, 0.1) is 23.9 Å². The van der Waals surface area contributed by atoms with Crippen LogP contribution in [0.4, 0.5) is 5.82 Å². The number of anilines is 1. The lowest BCUT2D eigenvalue weighted by atomic mass is 10.2. The third kappa shape index (κ3) is 3.12. The molecule has 0 aliphatic carbocycles. The van der Waals surface area contributed by atoms with E-state index in [1.165, 1.54) is 0 Å². The molecule has 0 saturated carbocycles. The smallest absolute Gasteiger partial charge is 0.163 e. The van der Waals surface area contributed by atoms with Crippen molar-refractivity contribution in [2.75, 3.05) is 25.0 Å². The lowest BCUT2D eigenvalue weighted by molar-refractivity contribution is 0.202. The molecule has 7 heteroatoms. The van der Waals surface area contributed by atoms with E-state index in [0.29, 0.717) is 6.54 Å². The second-order valence-electron chi connectivity index (χ2n) is 5.76. The summed E-state index contributed by atoms with van der Waals surface area (Å²) in [5, 5.41) is 8.69. The fraction of sp³-hybridized carbons (Fsp3) is 0.471. The van der Waals surface area contributed by atoms with Crippen LogP contribution in [0.25, 0.3) is 11.0 Å². The number of hydrogen-bond donors (Lipinski definition) is 1. The van der Waals surface area contributed by atoms with Gasteiger partial charge in [0.2, 0.25) is 0 Å². The van der Waals surface area contributed by atoms with Gasteiger partial charge in [-0.15, -0.1) is 0 Å². The molecule has 7 nitrogen and oxygen atoms in total. The summed E-state index contributed by atoms with van der Waals surface area (Å²) in [7, 11) is 1.89. The highest BCUT2D eigenvalue weighted by Crippen LogP contribution is 2.24. The molecular formula is C17H24N6O. The van der Waals surface area contributed by atoms with Gasteiger partial charge in [-0.25, -0.2) is 9.97 Å². The Morgan fingerprint density at radius 3 is 2.75 bits per heavy atom. The van der Waals surface area contributed by atoms with E-state index in [4.69, 9.17) is 4.42 Å². The largest absolute Gasteiger partial charge is 0.468 e. The van der Waals surface area contributed by atoms with Crippen molar-refractivity contribution in [3.63, 3.8) is 0 Å². The highest BCUT2D eigenvalue weighted by Gasteiger charge is 2.21. The molecule has 0 fully saturated rings. The zero-order chi connectivity index (χ0) is 17.1. The molecule has 0 aromatic carbocycles.